The average Bonchev–Trinajstić information content (AvgIpc) is 3.23. The molecule has 8 heteroatoms. The highest BCUT2D eigenvalue weighted by atomic mass is 16.2. The smallest absolute Gasteiger partial charge is 0.238 e. The highest BCUT2D eigenvalue weighted by Crippen LogP contribution is 2.33. The lowest BCUT2D eigenvalue weighted by atomic mass is 9.69. The van der Waals surface area contributed by atoms with Gasteiger partial charge in [-0.05, 0) is 51.6 Å². The first-order chi connectivity index (χ1) is 11.4. The molecule has 8 nitrogen and oxygen atoms in total. The highest BCUT2D eigenvalue weighted by Gasteiger charge is 2.55. The number of carbonyl (C=O) groups excluding carboxylic acids is 4. The van der Waals surface area contributed by atoms with Gasteiger partial charge in [0.15, 0.2) is 17.0 Å². The van der Waals surface area contributed by atoms with Crippen LogP contribution in [-0.2, 0) is 19.2 Å². The summed E-state index contributed by atoms with van der Waals surface area (Å²) in [5, 5.41) is 6.08. The fourth-order valence-electron chi connectivity index (χ4n) is 3.67. The number of rotatable bonds is 9. The lowest BCUT2D eigenvalue weighted by molar-refractivity contribution is -0.151. The normalized spacial score (nSPS) is 24.0. The SMILES string of the molecule is NC(=O)CCCC(C(N)=O)(C(=O)[C@@H]1CCCN1)C(=O)[C@@H]1CCCN1. The van der Waals surface area contributed by atoms with Crippen molar-refractivity contribution >= 4 is 23.4 Å². The fraction of sp³-hybridized carbons (Fsp3) is 0.750. The van der Waals surface area contributed by atoms with Gasteiger partial charge in [0.1, 0.15) is 0 Å². The second-order valence-corrected chi connectivity index (χ2v) is 6.62. The van der Waals surface area contributed by atoms with Crippen molar-refractivity contribution in [1.82, 2.24) is 10.6 Å². The van der Waals surface area contributed by atoms with E-state index in [0.717, 1.165) is 12.8 Å². The van der Waals surface area contributed by atoms with Crippen molar-refractivity contribution in [2.45, 2.75) is 57.0 Å². The van der Waals surface area contributed by atoms with Crippen LogP contribution in [0.1, 0.15) is 44.9 Å². The molecule has 0 aromatic rings. The summed E-state index contributed by atoms with van der Waals surface area (Å²) >= 11 is 0. The van der Waals surface area contributed by atoms with Crippen molar-refractivity contribution < 1.29 is 19.2 Å². The van der Waals surface area contributed by atoms with E-state index in [1.54, 1.807) is 0 Å². The predicted octanol–water partition coefficient (Wildman–Crippen LogP) is -1.24. The molecule has 24 heavy (non-hydrogen) atoms. The topological polar surface area (TPSA) is 144 Å². The summed E-state index contributed by atoms with van der Waals surface area (Å²) in [6.45, 7) is 1.34. The van der Waals surface area contributed by atoms with Gasteiger partial charge in [0.05, 0.1) is 12.1 Å². The molecule has 0 bridgehead atoms. The maximum atomic E-state index is 13.1. The summed E-state index contributed by atoms with van der Waals surface area (Å²) in [7, 11) is 0. The van der Waals surface area contributed by atoms with Crippen LogP contribution >= 0.6 is 0 Å². The maximum absolute atomic E-state index is 13.1. The van der Waals surface area contributed by atoms with Gasteiger partial charge >= 0.3 is 0 Å². The Kier molecular flexibility index (Phi) is 6.06. The molecular formula is C16H26N4O4. The van der Waals surface area contributed by atoms with Crippen LogP contribution in [0.5, 0.6) is 0 Å². The van der Waals surface area contributed by atoms with Gasteiger partial charge in [0.2, 0.25) is 11.8 Å². The van der Waals surface area contributed by atoms with Crippen LogP contribution in [0, 0.1) is 5.41 Å². The Morgan fingerprint density at radius 3 is 1.75 bits per heavy atom. The summed E-state index contributed by atoms with van der Waals surface area (Å²) in [5.74, 6) is -2.39. The zero-order valence-electron chi connectivity index (χ0n) is 13.8. The summed E-state index contributed by atoms with van der Waals surface area (Å²) in [5.41, 5.74) is 8.83. The number of nitrogens with two attached hydrogens (primary N) is 2. The number of hydrogen-bond acceptors (Lipinski definition) is 6. The van der Waals surface area contributed by atoms with Crippen molar-refractivity contribution in [1.29, 1.82) is 0 Å². The highest BCUT2D eigenvalue weighted by molar-refractivity contribution is 6.26. The van der Waals surface area contributed by atoms with E-state index in [-0.39, 0.29) is 19.3 Å². The molecule has 0 aromatic heterocycles. The minimum absolute atomic E-state index is 0.00573. The maximum Gasteiger partial charge on any atom is 0.238 e. The zero-order valence-corrected chi connectivity index (χ0v) is 13.8. The first kappa shape index (κ1) is 18.5. The Morgan fingerprint density at radius 2 is 1.42 bits per heavy atom. The quantitative estimate of drug-likeness (QED) is 0.387. The molecule has 6 N–H and O–H groups in total. The molecule has 2 amide bonds. The Balaban J connectivity index is 2.30. The van der Waals surface area contributed by atoms with E-state index in [4.69, 9.17) is 11.5 Å². The lowest BCUT2D eigenvalue weighted by Gasteiger charge is -2.32. The molecule has 2 fully saturated rings. The molecule has 2 saturated heterocycles. The summed E-state index contributed by atoms with van der Waals surface area (Å²) < 4.78 is 0. The van der Waals surface area contributed by atoms with Crippen LogP contribution < -0.4 is 22.1 Å². The van der Waals surface area contributed by atoms with Gasteiger partial charge in [0.25, 0.3) is 0 Å². The molecule has 0 unspecified atom stereocenters. The van der Waals surface area contributed by atoms with Gasteiger partial charge in [-0.15, -0.1) is 0 Å². The number of carbonyl (C=O) groups is 4. The van der Waals surface area contributed by atoms with Crippen LogP contribution in [0.25, 0.3) is 0 Å². The largest absolute Gasteiger partial charge is 0.370 e. The molecule has 2 aliphatic rings. The molecule has 2 heterocycles. The standard InChI is InChI=1S/C16H26N4O4/c17-12(21)6-1-7-16(15(18)24,13(22)10-4-2-8-19-10)14(23)11-5-3-9-20-11/h10-11,19-20H,1-9H2,(H2,17,21)(H2,18,24)/t10-,11-/m0/s1. The van der Waals surface area contributed by atoms with E-state index in [2.05, 4.69) is 10.6 Å². The first-order valence-corrected chi connectivity index (χ1v) is 8.53. The Labute approximate surface area is 141 Å². The molecule has 2 rings (SSSR count). The molecule has 0 aliphatic carbocycles. The Morgan fingerprint density at radius 1 is 0.917 bits per heavy atom. The summed E-state index contributed by atoms with van der Waals surface area (Å²) in [6.07, 6.45) is 2.88. The van der Waals surface area contributed by atoms with Crippen LogP contribution in [0.4, 0.5) is 0 Å². The van der Waals surface area contributed by atoms with Crippen molar-refractivity contribution in [3.63, 3.8) is 0 Å². The number of amides is 2. The van der Waals surface area contributed by atoms with Gasteiger partial charge in [-0.1, -0.05) is 0 Å². The van der Waals surface area contributed by atoms with Crippen molar-refractivity contribution in [3.8, 4) is 0 Å². The molecule has 0 aromatic carbocycles. The van der Waals surface area contributed by atoms with Gasteiger partial charge in [0, 0.05) is 6.42 Å². The molecule has 2 atom stereocenters. The third kappa shape index (κ3) is 3.64. The average molecular weight is 338 g/mol. The molecular weight excluding hydrogens is 312 g/mol. The molecule has 0 spiro atoms. The minimum Gasteiger partial charge on any atom is -0.370 e. The van der Waals surface area contributed by atoms with E-state index in [0.29, 0.717) is 25.9 Å². The van der Waals surface area contributed by atoms with E-state index in [9.17, 15) is 19.2 Å². The zero-order chi connectivity index (χ0) is 17.7. The molecule has 0 saturated carbocycles. The predicted molar refractivity (Wildman–Crippen MR) is 86.7 cm³/mol. The molecule has 2 aliphatic heterocycles. The second-order valence-electron chi connectivity index (χ2n) is 6.62. The minimum atomic E-state index is -1.89. The van der Waals surface area contributed by atoms with Gasteiger partial charge in [-0.3, -0.25) is 19.2 Å². The third-order valence-corrected chi connectivity index (χ3v) is 4.99. The van der Waals surface area contributed by atoms with Crippen molar-refractivity contribution in [2.24, 2.45) is 16.9 Å². The second kappa shape index (κ2) is 7.85. The monoisotopic (exact) mass is 338 g/mol. The number of Topliss-reactive ketones (excluding diaryl/α,β-unsaturated/α-hetero) is 2. The Bertz CT molecular complexity index is 494. The van der Waals surface area contributed by atoms with Crippen molar-refractivity contribution in [3.05, 3.63) is 0 Å². The van der Waals surface area contributed by atoms with E-state index in [1.807, 2.05) is 0 Å². The van der Waals surface area contributed by atoms with Gasteiger partial charge in [-0.25, -0.2) is 0 Å². The molecule has 0 radical (unpaired) electrons. The van der Waals surface area contributed by atoms with Crippen LogP contribution in [-0.4, -0.2) is 48.6 Å². The van der Waals surface area contributed by atoms with E-state index < -0.39 is 40.9 Å². The van der Waals surface area contributed by atoms with Crippen molar-refractivity contribution in [2.75, 3.05) is 13.1 Å². The van der Waals surface area contributed by atoms with Crippen LogP contribution in [0.15, 0.2) is 0 Å². The molecule has 134 valence electrons. The van der Waals surface area contributed by atoms with Crippen LogP contribution in [0.3, 0.4) is 0 Å². The van der Waals surface area contributed by atoms with E-state index >= 15 is 0 Å². The Hall–Kier alpha value is -1.80. The van der Waals surface area contributed by atoms with Gasteiger partial charge in [-0.2, -0.15) is 0 Å². The van der Waals surface area contributed by atoms with Gasteiger partial charge < -0.3 is 22.1 Å². The number of primary amides is 2. The fourth-order valence-corrected chi connectivity index (χ4v) is 3.67. The van der Waals surface area contributed by atoms with Crippen LogP contribution in [0.2, 0.25) is 0 Å². The number of nitrogens with one attached hydrogen (secondary N) is 2. The van der Waals surface area contributed by atoms with E-state index in [1.165, 1.54) is 0 Å². The summed E-state index contributed by atoms with van der Waals surface area (Å²) in [6, 6.07) is -1.09. The third-order valence-electron chi connectivity index (χ3n) is 4.99. The number of hydrogen-bond donors (Lipinski definition) is 4. The first-order valence-electron chi connectivity index (χ1n) is 8.53. The number of ketones is 2. The lowest BCUT2D eigenvalue weighted by Crippen LogP contribution is -2.59. The summed E-state index contributed by atoms with van der Waals surface area (Å²) in [4.78, 5) is 49.4.